The maximum absolute atomic E-state index is 5.57. The zero-order chi connectivity index (χ0) is 15.1. The zero-order valence-electron chi connectivity index (χ0n) is 13.9. The molecule has 2 atom stereocenters. The summed E-state index contributed by atoms with van der Waals surface area (Å²) >= 11 is 0. The number of nitrogens with one attached hydrogen (secondary N) is 1. The van der Waals surface area contributed by atoms with Crippen LogP contribution in [0.15, 0.2) is 24.3 Å². The molecule has 2 nitrogen and oxygen atoms in total. The summed E-state index contributed by atoms with van der Waals surface area (Å²) < 4.78 is 5.57. The van der Waals surface area contributed by atoms with Crippen molar-refractivity contribution in [1.82, 2.24) is 5.32 Å². The Morgan fingerprint density at radius 2 is 2.14 bits per heavy atom. The third kappa shape index (κ3) is 5.70. The van der Waals surface area contributed by atoms with Crippen molar-refractivity contribution in [1.29, 1.82) is 0 Å². The SMILES string of the molecule is CCOc1cccc(CNC2CCCC(CC(C)C)C2)c1. The van der Waals surface area contributed by atoms with E-state index >= 15 is 0 Å². The summed E-state index contributed by atoms with van der Waals surface area (Å²) in [5.74, 6) is 2.74. The average molecular weight is 289 g/mol. The molecule has 1 saturated carbocycles. The van der Waals surface area contributed by atoms with E-state index in [-0.39, 0.29) is 0 Å². The normalized spacial score (nSPS) is 22.5. The fraction of sp³-hybridized carbons (Fsp3) is 0.684. The Labute approximate surface area is 130 Å². The van der Waals surface area contributed by atoms with Crippen LogP contribution in [-0.4, -0.2) is 12.6 Å². The molecule has 0 amide bonds. The molecule has 1 aromatic carbocycles. The van der Waals surface area contributed by atoms with Crippen LogP contribution in [0, 0.1) is 11.8 Å². The first kappa shape index (κ1) is 16.4. The third-order valence-corrected chi connectivity index (χ3v) is 4.39. The number of ether oxygens (including phenoxy) is 1. The molecule has 21 heavy (non-hydrogen) atoms. The van der Waals surface area contributed by atoms with Crippen molar-refractivity contribution >= 4 is 0 Å². The summed E-state index contributed by atoms with van der Waals surface area (Å²) in [5.41, 5.74) is 1.33. The second-order valence-electron chi connectivity index (χ2n) is 6.82. The lowest BCUT2D eigenvalue weighted by Crippen LogP contribution is -2.34. The Morgan fingerprint density at radius 1 is 1.29 bits per heavy atom. The molecule has 1 aliphatic rings. The summed E-state index contributed by atoms with van der Waals surface area (Å²) in [6, 6.07) is 9.16. The lowest BCUT2D eigenvalue weighted by molar-refractivity contribution is 0.252. The van der Waals surface area contributed by atoms with Crippen LogP contribution < -0.4 is 10.1 Å². The molecule has 0 heterocycles. The lowest BCUT2D eigenvalue weighted by atomic mass is 9.81. The molecule has 2 heteroatoms. The highest BCUT2D eigenvalue weighted by molar-refractivity contribution is 5.28. The minimum absolute atomic E-state index is 0.693. The Hall–Kier alpha value is -1.02. The summed E-state index contributed by atoms with van der Waals surface area (Å²) in [6.45, 7) is 8.41. The molecule has 2 unspecified atom stereocenters. The molecule has 1 N–H and O–H groups in total. The van der Waals surface area contributed by atoms with E-state index in [0.717, 1.165) is 30.7 Å². The molecule has 0 spiro atoms. The molecule has 0 bridgehead atoms. The van der Waals surface area contributed by atoms with E-state index in [1.807, 2.05) is 13.0 Å². The van der Waals surface area contributed by atoms with E-state index in [1.54, 1.807) is 0 Å². The Morgan fingerprint density at radius 3 is 2.90 bits per heavy atom. The van der Waals surface area contributed by atoms with Gasteiger partial charge in [-0.05, 0) is 55.7 Å². The molecule has 118 valence electrons. The minimum Gasteiger partial charge on any atom is -0.494 e. The van der Waals surface area contributed by atoms with Gasteiger partial charge in [0.1, 0.15) is 5.75 Å². The van der Waals surface area contributed by atoms with Crippen LogP contribution in [0.2, 0.25) is 0 Å². The lowest BCUT2D eigenvalue weighted by Gasteiger charge is -2.31. The van der Waals surface area contributed by atoms with Gasteiger partial charge >= 0.3 is 0 Å². The summed E-state index contributed by atoms with van der Waals surface area (Å²) in [4.78, 5) is 0. The van der Waals surface area contributed by atoms with Gasteiger partial charge in [0.15, 0.2) is 0 Å². The van der Waals surface area contributed by atoms with Crippen LogP contribution in [0.5, 0.6) is 5.75 Å². The predicted molar refractivity (Wildman–Crippen MR) is 89.7 cm³/mol. The first-order valence-electron chi connectivity index (χ1n) is 8.62. The van der Waals surface area contributed by atoms with Crippen molar-refractivity contribution < 1.29 is 4.74 Å². The highest BCUT2D eigenvalue weighted by atomic mass is 16.5. The van der Waals surface area contributed by atoms with Gasteiger partial charge in [0.2, 0.25) is 0 Å². The highest BCUT2D eigenvalue weighted by Gasteiger charge is 2.22. The average Bonchev–Trinajstić information content (AvgIpc) is 2.46. The summed E-state index contributed by atoms with van der Waals surface area (Å²) in [6.07, 6.45) is 6.88. The molecular formula is C19H31NO. The van der Waals surface area contributed by atoms with E-state index < -0.39 is 0 Å². The van der Waals surface area contributed by atoms with Crippen molar-refractivity contribution in [3.63, 3.8) is 0 Å². The van der Waals surface area contributed by atoms with Crippen molar-refractivity contribution in [3.05, 3.63) is 29.8 Å². The van der Waals surface area contributed by atoms with Gasteiger partial charge in [0.25, 0.3) is 0 Å². The molecule has 0 aliphatic heterocycles. The molecule has 0 aromatic heterocycles. The standard InChI is InChI=1S/C19H31NO/c1-4-21-19-10-6-8-17(13-19)14-20-18-9-5-7-16(12-18)11-15(2)3/h6,8,10,13,15-16,18,20H,4-5,7,9,11-12,14H2,1-3H3. The van der Waals surface area contributed by atoms with Crippen LogP contribution in [0.25, 0.3) is 0 Å². The second kappa shape index (κ2) is 8.43. The maximum atomic E-state index is 5.57. The Bertz CT molecular complexity index is 416. The minimum atomic E-state index is 0.693. The van der Waals surface area contributed by atoms with Crippen LogP contribution in [0.3, 0.4) is 0 Å². The fourth-order valence-electron chi connectivity index (χ4n) is 3.53. The molecule has 2 rings (SSSR count). The van der Waals surface area contributed by atoms with Gasteiger partial charge < -0.3 is 10.1 Å². The van der Waals surface area contributed by atoms with Crippen LogP contribution in [0.4, 0.5) is 0 Å². The number of hydrogen-bond donors (Lipinski definition) is 1. The van der Waals surface area contributed by atoms with Crippen molar-refractivity contribution in [3.8, 4) is 5.75 Å². The largest absolute Gasteiger partial charge is 0.494 e. The molecule has 1 fully saturated rings. The summed E-state index contributed by atoms with van der Waals surface area (Å²) in [5, 5.41) is 3.75. The Kier molecular flexibility index (Phi) is 6.56. The quantitative estimate of drug-likeness (QED) is 0.780. The first-order chi connectivity index (χ1) is 10.2. The van der Waals surface area contributed by atoms with Gasteiger partial charge in [-0.3, -0.25) is 0 Å². The third-order valence-electron chi connectivity index (χ3n) is 4.39. The first-order valence-corrected chi connectivity index (χ1v) is 8.62. The maximum Gasteiger partial charge on any atom is 0.119 e. The Balaban J connectivity index is 1.80. The monoisotopic (exact) mass is 289 g/mol. The molecule has 0 radical (unpaired) electrons. The zero-order valence-corrected chi connectivity index (χ0v) is 13.9. The van der Waals surface area contributed by atoms with Gasteiger partial charge in [0.05, 0.1) is 6.61 Å². The van der Waals surface area contributed by atoms with E-state index in [2.05, 4.69) is 37.4 Å². The number of hydrogen-bond acceptors (Lipinski definition) is 2. The number of benzene rings is 1. The van der Waals surface area contributed by atoms with Crippen LogP contribution in [-0.2, 0) is 6.54 Å². The van der Waals surface area contributed by atoms with E-state index in [4.69, 9.17) is 4.74 Å². The van der Waals surface area contributed by atoms with Gasteiger partial charge in [-0.2, -0.15) is 0 Å². The molecule has 1 aliphatic carbocycles. The number of rotatable bonds is 7. The van der Waals surface area contributed by atoms with Crippen molar-refractivity contribution in [2.24, 2.45) is 11.8 Å². The molecular weight excluding hydrogens is 258 g/mol. The van der Waals surface area contributed by atoms with E-state index in [1.165, 1.54) is 37.7 Å². The molecule has 1 aromatic rings. The fourth-order valence-corrected chi connectivity index (χ4v) is 3.53. The predicted octanol–water partition coefficient (Wildman–Crippen LogP) is 4.78. The summed E-state index contributed by atoms with van der Waals surface area (Å²) in [7, 11) is 0. The topological polar surface area (TPSA) is 21.3 Å². The van der Waals surface area contributed by atoms with Crippen molar-refractivity contribution in [2.75, 3.05) is 6.61 Å². The van der Waals surface area contributed by atoms with Crippen molar-refractivity contribution in [2.45, 2.75) is 65.5 Å². The van der Waals surface area contributed by atoms with Gasteiger partial charge in [-0.15, -0.1) is 0 Å². The smallest absolute Gasteiger partial charge is 0.119 e. The van der Waals surface area contributed by atoms with E-state index in [0.29, 0.717) is 6.04 Å². The van der Waals surface area contributed by atoms with Gasteiger partial charge in [-0.25, -0.2) is 0 Å². The van der Waals surface area contributed by atoms with E-state index in [9.17, 15) is 0 Å². The van der Waals surface area contributed by atoms with Crippen LogP contribution >= 0.6 is 0 Å². The second-order valence-corrected chi connectivity index (χ2v) is 6.82. The molecule has 0 saturated heterocycles. The van der Waals surface area contributed by atoms with Gasteiger partial charge in [-0.1, -0.05) is 38.8 Å². The van der Waals surface area contributed by atoms with Gasteiger partial charge in [0, 0.05) is 12.6 Å². The highest BCUT2D eigenvalue weighted by Crippen LogP contribution is 2.29. The van der Waals surface area contributed by atoms with Crippen LogP contribution in [0.1, 0.15) is 58.4 Å².